The molecule has 2 aliphatic rings. The van der Waals surface area contributed by atoms with E-state index >= 15 is 0 Å². The normalized spacial score (nSPS) is 25.4. The van der Waals surface area contributed by atoms with Gasteiger partial charge in [-0.05, 0) is 104 Å². The van der Waals surface area contributed by atoms with E-state index in [2.05, 4.69) is 0 Å². The van der Waals surface area contributed by atoms with Crippen LogP contribution in [0.5, 0.6) is 0 Å². The maximum Gasteiger partial charge on any atom is 0.309 e. The Morgan fingerprint density at radius 2 is 1.59 bits per heavy atom. The number of ether oxygens (including phenoxy) is 1. The first kappa shape index (κ1) is 28.3. The van der Waals surface area contributed by atoms with Crippen LogP contribution in [0.4, 0.5) is 0 Å². The Hall–Kier alpha value is -1.98. The second-order valence-corrected chi connectivity index (χ2v) is 11.6. The van der Waals surface area contributed by atoms with E-state index in [-0.39, 0.29) is 23.5 Å². The van der Waals surface area contributed by atoms with Gasteiger partial charge >= 0.3 is 5.97 Å². The average Bonchev–Trinajstić information content (AvgIpc) is 2.75. The maximum atomic E-state index is 13.1. The molecule has 0 aliphatic heterocycles. The molecule has 6 heteroatoms. The van der Waals surface area contributed by atoms with Gasteiger partial charge in [0.2, 0.25) is 0 Å². The number of carbonyl (C=O) groups is 4. The van der Waals surface area contributed by atoms with Crippen LogP contribution < -0.4 is 0 Å². The summed E-state index contributed by atoms with van der Waals surface area (Å²) in [6.45, 7) is 7.74. The molecule has 2 aliphatic carbocycles. The van der Waals surface area contributed by atoms with Gasteiger partial charge in [-0.25, -0.2) is 0 Å². The average molecular weight is 477 g/mol. The van der Waals surface area contributed by atoms with Crippen LogP contribution in [0.25, 0.3) is 0 Å². The van der Waals surface area contributed by atoms with E-state index in [0.29, 0.717) is 25.1 Å². The maximum absolute atomic E-state index is 13.1. The van der Waals surface area contributed by atoms with E-state index in [9.17, 15) is 24.3 Å². The lowest BCUT2D eigenvalue weighted by Gasteiger charge is -2.29. The fraction of sp³-hybridized carbons (Fsp3) is 0.786. The Kier molecular flexibility index (Phi) is 10.5. The number of ketones is 2. The molecule has 2 rings (SSSR count). The first-order valence-corrected chi connectivity index (χ1v) is 13.1. The number of hydrogen-bond donors (Lipinski definition) is 1. The highest BCUT2D eigenvalue weighted by Crippen LogP contribution is 2.35. The van der Waals surface area contributed by atoms with Crippen molar-refractivity contribution >= 4 is 24.0 Å². The quantitative estimate of drug-likeness (QED) is 0.256. The van der Waals surface area contributed by atoms with Crippen molar-refractivity contribution in [3.8, 4) is 0 Å². The molecule has 34 heavy (non-hydrogen) atoms. The molecule has 0 heterocycles. The molecule has 0 bridgehead atoms. The van der Waals surface area contributed by atoms with Crippen LogP contribution in [0, 0.1) is 23.2 Å². The molecule has 0 amide bonds. The summed E-state index contributed by atoms with van der Waals surface area (Å²) in [6, 6.07) is 0. The van der Waals surface area contributed by atoms with E-state index in [1.165, 1.54) is 0 Å². The molecule has 0 aromatic heterocycles. The highest BCUT2D eigenvalue weighted by molar-refractivity contribution is 5.98. The number of allylic oxidation sites excluding steroid dienone is 2. The predicted molar refractivity (Wildman–Crippen MR) is 131 cm³/mol. The van der Waals surface area contributed by atoms with Gasteiger partial charge in [0, 0.05) is 17.8 Å². The van der Waals surface area contributed by atoms with E-state index in [4.69, 9.17) is 4.74 Å². The predicted octanol–water partition coefficient (Wildman–Crippen LogP) is 6.06. The zero-order valence-electron chi connectivity index (χ0n) is 21.6. The van der Waals surface area contributed by atoms with Gasteiger partial charge in [0.05, 0.1) is 5.41 Å². The summed E-state index contributed by atoms with van der Waals surface area (Å²) in [6.07, 6.45) is 12.6. The van der Waals surface area contributed by atoms with Gasteiger partial charge in [0.15, 0.2) is 5.78 Å². The van der Waals surface area contributed by atoms with Crippen LogP contribution in [-0.4, -0.2) is 34.7 Å². The highest BCUT2D eigenvalue weighted by atomic mass is 16.5. The van der Waals surface area contributed by atoms with E-state index in [1.807, 2.05) is 19.9 Å². The zero-order valence-corrected chi connectivity index (χ0v) is 21.6. The Labute approximate surface area is 204 Å². The minimum absolute atomic E-state index is 0.00460. The summed E-state index contributed by atoms with van der Waals surface area (Å²) in [7, 11) is 0. The largest absolute Gasteiger partial charge is 0.481 e. The Balaban J connectivity index is 1.85. The van der Waals surface area contributed by atoms with E-state index < -0.39 is 17.0 Å². The van der Waals surface area contributed by atoms with Crippen molar-refractivity contribution in [1.29, 1.82) is 0 Å². The molecule has 1 N–H and O–H groups in total. The second kappa shape index (κ2) is 12.6. The molecule has 0 aromatic rings. The van der Waals surface area contributed by atoms with Crippen molar-refractivity contribution in [2.45, 2.75) is 117 Å². The Morgan fingerprint density at radius 3 is 2.26 bits per heavy atom. The number of hydrogen-bond acceptors (Lipinski definition) is 5. The topological polar surface area (TPSA) is 97.7 Å². The highest BCUT2D eigenvalue weighted by Gasteiger charge is 2.33. The van der Waals surface area contributed by atoms with Crippen LogP contribution in [0.3, 0.4) is 0 Å². The van der Waals surface area contributed by atoms with Crippen molar-refractivity contribution in [1.82, 2.24) is 0 Å². The standard InChI is InChI=1S/C28H44O6/c1-27(2,26(32)33)17-7-13-20-9-5-11-22(24(20)30)15-16-23-12-6-10-21(25(23)31)14-8-18-28(3,4)34-19-29/h15,19-21,23H,5-14,16-18H2,1-4H3,(H,32,33)/b22-15+. The third-order valence-electron chi connectivity index (χ3n) is 7.88. The number of Topliss-reactive ketones (excluding diaryl/α,β-unsaturated/α-hetero) is 2. The Morgan fingerprint density at radius 1 is 0.971 bits per heavy atom. The fourth-order valence-electron chi connectivity index (χ4n) is 5.43. The third-order valence-corrected chi connectivity index (χ3v) is 7.88. The lowest BCUT2D eigenvalue weighted by atomic mass is 9.75. The number of aliphatic carboxylic acids is 1. The molecule has 0 spiro atoms. The molecule has 0 radical (unpaired) electrons. The van der Waals surface area contributed by atoms with E-state index in [0.717, 1.165) is 76.2 Å². The molecule has 0 aromatic carbocycles. The van der Waals surface area contributed by atoms with Gasteiger partial charge in [-0.2, -0.15) is 0 Å². The van der Waals surface area contributed by atoms with Gasteiger partial charge in [-0.15, -0.1) is 0 Å². The summed E-state index contributed by atoms with van der Waals surface area (Å²) >= 11 is 0. The van der Waals surface area contributed by atoms with Gasteiger partial charge in [0.25, 0.3) is 6.47 Å². The lowest BCUT2D eigenvalue weighted by molar-refractivity contribution is -0.147. The number of carboxylic acids is 1. The van der Waals surface area contributed by atoms with Crippen molar-refractivity contribution in [3.05, 3.63) is 11.6 Å². The van der Waals surface area contributed by atoms with Crippen molar-refractivity contribution < 1.29 is 29.0 Å². The Bertz CT molecular complexity index is 763. The summed E-state index contributed by atoms with van der Waals surface area (Å²) in [5.74, 6) is -0.219. The SMILES string of the molecule is CC(C)(CCCC1CCCC(C/C=C2\CCCC(CCCC(C)(C)C(=O)O)C2=O)C1=O)OC=O. The third kappa shape index (κ3) is 8.35. The molecule has 3 unspecified atom stereocenters. The van der Waals surface area contributed by atoms with Gasteiger partial charge in [0.1, 0.15) is 11.4 Å². The van der Waals surface area contributed by atoms with Crippen molar-refractivity contribution in [2.75, 3.05) is 0 Å². The molecular weight excluding hydrogens is 432 g/mol. The van der Waals surface area contributed by atoms with Crippen molar-refractivity contribution in [2.24, 2.45) is 23.2 Å². The fourth-order valence-corrected chi connectivity index (χ4v) is 5.43. The van der Waals surface area contributed by atoms with E-state index in [1.54, 1.807) is 13.8 Å². The summed E-state index contributed by atoms with van der Waals surface area (Å²) in [5.41, 5.74) is -0.382. The van der Waals surface area contributed by atoms with Crippen LogP contribution in [0.2, 0.25) is 0 Å². The lowest BCUT2D eigenvalue weighted by Crippen LogP contribution is -2.30. The summed E-state index contributed by atoms with van der Waals surface area (Å²) in [5, 5.41) is 9.29. The van der Waals surface area contributed by atoms with Crippen LogP contribution in [-0.2, 0) is 23.9 Å². The number of carbonyl (C=O) groups excluding carboxylic acids is 3. The van der Waals surface area contributed by atoms with Crippen LogP contribution in [0.15, 0.2) is 11.6 Å². The molecule has 6 nitrogen and oxygen atoms in total. The summed E-state index contributed by atoms with van der Waals surface area (Å²) in [4.78, 5) is 48.0. The van der Waals surface area contributed by atoms with Gasteiger partial charge in [-0.1, -0.05) is 18.9 Å². The minimum atomic E-state index is -0.795. The first-order valence-electron chi connectivity index (χ1n) is 13.1. The molecule has 192 valence electrons. The minimum Gasteiger partial charge on any atom is -0.481 e. The molecule has 3 atom stereocenters. The smallest absolute Gasteiger partial charge is 0.309 e. The molecular formula is C28H44O6. The number of carboxylic acid groups (broad SMARTS) is 1. The second-order valence-electron chi connectivity index (χ2n) is 11.6. The monoisotopic (exact) mass is 476 g/mol. The molecule has 2 saturated carbocycles. The summed E-state index contributed by atoms with van der Waals surface area (Å²) < 4.78 is 5.11. The number of rotatable bonds is 13. The van der Waals surface area contributed by atoms with Gasteiger partial charge < -0.3 is 9.84 Å². The zero-order chi connectivity index (χ0) is 25.4. The van der Waals surface area contributed by atoms with Crippen LogP contribution in [0.1, 0.15) is 111 Å². The van der Waals surface area contributed by atoms with Crippen molar-refractivity contribution in [3.63, 3.8) is 0 Å². The molecule has 2 fully saturated rings. The van der Waals surface area contributed by atoms with Gasteiger partial charge in [-0.3, -0.25) is 19.2 Å². The molecule has 0 saturated heterocycles. The van der Waals surface area contributed by atoms with Crippen LogP contribution >= 0.6 is 0 Å². The first-order chi connectivity index (χ1) is 16.0.